The molecule has 1 unspecified atom stereocenters. The first-order chi connectivity index (χ1) is 14.4. The third kappa shape index (κ3) is 4.75. The van der Waals surface area contributed by atoms with Crippen LogP contribution in [0.5, 0.6) is 0 Å². The van der Waals surface area contributed by atoms with Crippen LogP contribution in [0, 0.1) is 10.1 Å². The number of hydrogen-bond acceptors (Lipinski definition) is 4. The van der Waals surface area contributed by atoms with Gasteiger partial charge in [-0.1, -0.05) is 79.7 Å². The van der Waals surface area contributed by atoms with E-state index >= 15 is 0 Å². The first kappa shape index (κ1) is 21.7. The van der Waals surface area contributed by atoms with Gasteiger partial charge in [-0.2, -0.15) is 4.31 Å². The standard InChI is InChI=1S/C23H24N2O4S/c1-2-21(20-13-7-4-8-14-20)24(18-17-19-11-5-3-6-12-19)30(28,29)23-16-10-9-15-22(23)25(26)27/h3-16,21H,2,17-18H2,1H3. The molecule has 0 radical (unpaired) electrons. The maximum Gasteiger partial charge on any atom is 0.289 e. The lowest BCUT2D eigenvalue weighted by atomic mass is 10.0. The zero-order chi connectivity index (χ0) is 21.6. The SMILES string of the molecule is CCC(c1ccccc1)N(CCc1ccccc1)S(=O)(=O)c1ccccc1[N+](=O)[O-]. The van der Waals surface area contributed by atoms with Gasteiger partial charge in [0.1, 0.15) is 0 Å². The smallest absolute Gasteiger partial charge is 0.258 e. The van der Waals surface area contributed by atoms with Crippen LogP contribution in [-0.2, 0) is 16.4 Å². The van der Waals surface area contributed by atoms with E-state index in [1.807, 2.05) is 67.6 Å². The molecule has 0 aliphatic heterocycles. The second-order valence-corrected chi connectivity index (χ2v) is 8.77. The molecule has 0 saturated heterocycles. The van der Waals surface area contributed by atoms with E-state index in [0.717, 1.165) is 11.1 Å². The minimum atomic E-state index is -4.11. The number of sulfonamides is 1. The third-order valence-corrected chi connectivity index (χ3v) is 6.99. The monoisotopic (exact) mass is 424 g/mol. The summed E-state index contributed by atoms with van der Waals surface area (Å²) >= 11 is 0. The number of rotatable bonds is 9. The predicted octanol–water partition coefficient (Wildman–Crippen LogP) is 4.98. The molecule has 3 rings (SSSR count). The summed E-state index contributed by atoms with van der Waals surface area (Å²) < 4.78 is 28.7. The zero-order valence-electron chi connectivity index (χ0n) is 16.7. The quantitative estimate of drug-likeness (QED) is 0.358. The molecule has 0 amide bonds. The molecule has 3 aromatic carbocycles. The van der Waals surface area contributed by atoms with Gasteiger partial charge in [0.15, 0.2) is 4.90 Å². The van der Waals surface area contributed by atoms with E-state index in [-0.39, 0.29) is 11.4 Å². The fraction of sp³-hybridized carbons (Fsp3) is 0.217. The zero-order valence-corrected chi connectivity index (χ0v) is 17.5. The number of nitro benzene ring substituents is 1. The Morgan fingerprint density at radius 1 is 0.900 bits per heavy atom. The van der Waals surface area contributed by atoms with Crippen molar-refractivity contribution >= 4 is 15.7 Å². The maximum absolute atomic E-state index is 13.7. The van der Waals surface area contributed by atoms with Crippen LogP contribution in [0.2, 0.25) is 0 Å². The Bertz CT molecular complexity index is 1090. The van der Waals surface area contributed by atoms with Crippen molar-refractivity contribution in [2.75, 3.05) is 6.54 Å². The molecule has 1 atom stereocenters. The van der Waals surface area contributed by atoms with Crippen molar-refractivity contribution in [3.8, 4) is 0 Å². The highest BCUT2D eigenvalue weighted by Crippen LogP contribution is 2.34. The van der Waals surface area contributed by atoms with E-state index in [4.69, 9.17) is 0 Å². The Balaban J connectivity index is 2.07. The van der Waals surface area contributed by atoms with Gasteiger partial charge in [0.05, 0.1) is 4.92 Å². The lowest BCUT2D eigenvalue weighted by Gasteiger charge is -2.30. The molecule has 156 valence electrons. The summed E-state index contributed by atoms with van der Waals surface area (Å²) in [7, 11) is -4.11. The van der Waals surface area contributed by atoms with Gasteiger partial charge in [-0.3, -0.25) is 10.1 Å². The van der Waals surface area contributed by atoms with Gasteiger partial charge in [-0.25, -0.2) is 8.42 Å². The van der Waals surface area contributed by atoms with Crippen molar-refractivity contribution in [2.45, 2.75) is 30.7 Å². The Kier molecular flexibility index (Phi) is 6.97. The molecule has 7 heteroatoms. The van der Waals surface area contributed by atoms with Crippen molar-refractivity contribution in [2.24, 2.45) is 0 Å². The molecular formula is C23H24N2O4S. The highest BCUT2D eigenvalue weighted by molar-refractivity contribution is 7.89. The van der Waals surface area contributed by atoms with Crippen LogP contribution < -0.4 is 0 Å². The van der Waals surface area contributed by atoms with Gasteiger partial charge in [-0.15, -0.1) is 0 Å². The first-order valence-corrected chi connectivity index (χ1v) is 11.2. The van der Waals surface area contributed by atoms with E-state index in [1.54, 1.807) is 0 Å². The van der Waals surface area contributed by atoms with Crippen LogP contribution in [0.4, 0.5) is 5.69 Å². The van der Waals surface area contributed by atoms with Gasteiger partial charge in [-0.05, 0) is 30.0 Å². The number of benzene rings is 3. The van der Waals surface area contributed by atoms with Crippen LogP contribution in [0.15, 0.2) is 89.8 Å². The molecule has 0 heterocycles. The van der Waals surface area contributed by atoms with Gasteiger partial charge < -0.3 is 0 Å². The van der Waals surface area contributed by atoms with Crippen LogP contribution >= 0.6 is 0 Å². The Labute approximate surface area is 177 Å². The van der Waals surface area contributed by atoms with Crippen molar-refractivity contribution in [1.29, 1.82) is 0 Å². The van der Waals surface area contributed by atoms with E-state index in [9.17, 15) is 18.5 Å². The molecular weight excluding hydrogens is 400 g/mol. The second-order valence-electron chi connectivity index (χ2n) is 6.91. The van der Waals surface area contributed by atoms with Gasteiger partial charge >= 0.3 is 0 Å². The normalized spacial score (nSPS) is 12.6. The minimum Gasteiger partial charge on any atom is -0.258 e. The van der Waals surface area contributed by atoms with E-state index in [0.29, 0.717) is 12.8 Å². The molecule has 6 nitrogen and oxygen atoms in total. The minimum absolute atomic E-state index is 0.214. The fourth-order valence-electron chi connectivity index (χ4n) is 3.56. The average molecular weight is 425 g/mol. The Morgan fingerprint density at radius 3 is 2.07 bits per heavy atom. The van der Waals surface area contributed by atoms with Crippen molar-refractivity contribution in [3.05, 3.63) is 106 Å². The highest BCUT2D eigenvalue weighted by Gasteiger charge is 2.35. The van der Waals surface area contributed by atoms with Gasteiger partial charge in [0.2, 0.25) is 10.0 Å². The largest absolute Gasteiger partial charge is 0.289 e. The van der Waals surface area contributed by atoms with Crippen LogP contribution in [0.1, 0.15) is 30.5 Å². The topological polar surface area (TPSA) is 80.5 Å². The summed E-state index contributed by atoms with van der Waals surface area (Å²) in [6.07, 6.45) is 1.04. The van der Waals surface area contributed by atoms with E-state index < -0.39 is 26.7 Å². The maximum atomic E-state index is 13.7. The summed E-state index contributed by atoms with van der Waals surface area (Å²) in [6.45, 7) is 2.13. The Hall–Kier alpha value is -3.03. The van der Waals surface area contributed by atoms with E-state index in [2.05, 4.69) is 0 Å². The molecule has 0 N–H and O–H groups in total. The highest BCUT2D eigenvalue weighted by atomic mass is 32.2. The number of para-hydroxylation sites is 1. The lowest BCUT2D eigenvalue weighted by Crippen LogP contribution is -2.36. The molecule has 0 bridgehead atoms. The van der Waals surface area contributed by atoms with Crippen LogP contribution in [-0.4, -0.2) is 24.2 Å². The van der Waals surface area contributed by atoms with E-state index in [1.165, 1.54) is 28.6 Å². The molecule has 0 spiro atoms. The van der Waals surface area contributed by atoms with Crippen molar-refractivity contribution in [3.63, 3.8) is 0 Å². The summed E-state index contributed by atoms with van der Waals surface area (Å²) in [5.41, 5.74) is 1.45. The molecule has 0 aliphatic carbocycles. The summed E-state index contributed by atoms with van der Waals surface area (Å²) in [6, 6.07) is 24.1. The summed E-state index contributed by atoms with van der Waals surface area (Å²) in [5.74, 6) is 0. The lowest BCUT2D eigenvalue weighted by molar-refractivity contribution is -0.387. The predicted molar refractivity (Wildman–Crippen MR) is 117 cm³/mol. The first-order valence-electron chi connectivity index (χ1n) is 9.79. The number of hydrogen-bond donors (Lipinski definition) is 0. The van der Waals surface area contributed by atoms with Crippen molar-refractivity contribution in [1.82, 2.24) is 4.31 Å². The Morgan fingerprint density at radius 2 is 1.47 bits per heavy atom. The van der Waals surface area contributed by atoms with Crippen LogP contribution in [0.25, 0.3) is 0 Å². The third-order valence-electron chi connectivity index (χ3n) is 5.03. The average Bonchev–Trinajstić information content (AvgIpc) is 2.77. The molecule has 3 aromatic rings. The second kappa shape index (κ2) is 9.65. The molecule has 0 saturated carbocycles. The fourth-order valence-corrected chi connectivity index (χ4v) is 5.41. The molecule has 0 aliphatic rings. The van der Waals surface area contributed by atoms with Gasteiger partial charge in [0, 0.05) is 18.7 Å². The summed E-state index contributed by atoms with van der Waals surface area (Å²) in [4.78, 5) is 10.6. The molecule has 30 heavy (non-hydrogen) atoms. The summed E-state index contributed by atoms with van der Waals surface area (Å²) in [5, 5.41) is 11.5. The molecule has 0 aromatic heterocycles. The number of nitro groups is 1. The van der Waals surface area contributed by atoms with Crippen molar-refractivity contribution < 1.29 is 13.3 Å². The number of nitrogens with zero attached hydrogens (tertiary/aromatic N) is 2. The molecule has 0 fully saturated rings. The van der Waals surface area contributed by atoms with Crippen LogP contribution in [0.3, 0.4) is 0 Å². The van der Waals surface area contributed by atoms with Gasteiger partial charge in [0.25, 0.3) is 5.69 Å².